The van der Waals surface area contributed by atoms with Gasteiger partial charge in [-0.15, -0.1) is 0 Å². The van der Waals surface area contributed by atoms with Crippen LogP contribution in [0.3, 0.4) is 0 Å². The Bertz CT molecular complexity index is 858. The second-order valence-corrected chi connectivity index (χ2v) is 12.9. The molecule has 1 aliphatic heterocycles. The first-order chi connectivity index (χ1) is 16.2. The monoisotopic (exact) mass is 487 g/mol. The number of likely N-dealkylation sites (tertiary alicyclic amines) is 1. The molecule has 4 saturated carbocycles. The molecule has 0 spiro atoms. The molecule has 5 fully saturated rings. The molecule has 6 rings (SSSR count). The van der Waals surface area contributed by atoms with E-state index in [4.69, 9.17) is 11.6 Å². The highest BCUT2D eigenvalue weighted by Gasteiger charge is 2.50. The Hall–Kier alpha value is -1.14. The molecule has 0 atom stereocenters. The van der Waals surface area contributed by atoms with Crippen LogP contribution in [0.15, 0.2) is 18.2 Å². The van der Waals surface area contributed by atoms with Crippen LogP contribution >= 0.6 is 11.6 Å². The lowest BCUT2D eigenvalue weighted by molar-refractivity contribution is -0.0503. The molecule has 0 aromatic heterocycles. The predicted octanol–water partition coefficient (Wildman–Crippen LogP) is 4.61. The summed E-state index contributed by atoms with van der Waals surface area (Å²) in [6.45, 7) is 8.14. The average molecular weight is 488 g/mol. The number of halogens is 1. The summed E-state index contributed by atoms with van der Waals surface area (Å²) < 4.78 is 0. The lowest BCUT2D eigenvalue weighted by Gasteiger charge is -2.56. The number of piperidine rings is 1. The van der Waals surface area contributed by atoms with Crippen LogP contribution in [0.5, 0.6) is 0 Å². The minimum Gasteiger partial charge on any atom is -0.388 e. The highest BCUT2D eigenvalue weighted by atomic mass is 35.5. The van der Waals surface area contributed by atoms with Crippen molar-refractivity contribution in [3.63, 3.8) is 0 Å². The highest BCUT2D eigenvalue weighted by Crippen LogP contribution is 2.59. The molecule has 0 radical (unpaired) electrons. The van der Waals surface area contributed by atoms with Gasteiger partial charge in [-0.25, -0.2) is 0 Å². The topological polar surface area (TPSA) is 64.6 Å². The molecule has 5 aliphatic rings. The number of carbonyl (C=O) groups excluding carboxylic acids is 1. The standard InChI is InChI=1S/C28H42ClN3O2/c1-19(2)30-18-28(34)5-7-32(8-6-28)16-20-3-4-25(29)24(12-20)26(33)31-17-27-13-21-9-22(14-27)11-23(10-21)15-27/h3-4,12,19,21-23,30,34H,5-11,13-18H2,1-2H3,(H,31,33). The van der Waals surface area contributed by atoms with Gasteiger partial charge in [0.25, 0.3) is 5.91 Å². The first-order valence-corrected chi connectivity index (χ1v) is 13.8. The number of nitrogens with zero attached hydrogens (tertiary/aromatic N) is 1. The van der Waals surface area contributed by atoms with E-state index < -0.39 is 5.60 Å². The van der Waals surface area contributed by atoms with Gasteiger partial charge in [0, 0.05) is 38.8 Å². The van der Waals surface area contributed by atoms with Crippen LogP contribution < -0.4 is 10.6 Å². The lowest BCUT2D eigenvalue weighted by atomic mass is 9.49. The molecule has 6 heteroatoms. The number of rotatable bonds is 8. The molecule has 3 N–H and O–H groups in total. The largest absolute Gasteiger partial charge is 0.388 e. The lowest BCUT2D eigenvalue weighted by Crippen LogP contribution is -2.51. The summed E-state index contributed by atoms with van der Waals surface area (Å²) in [6, 6.07) is 6.24. The van der Waals surface area contributed by atoms with Gasteiger partial charge in [0.05, 0.1) is 16.2 Å². The first-order valence-electron chi connectivity index (χ1n) is 13.5. The molecule has 1 aromatic carbocycles. The Kier molecular flexibility index (Phi) is 7.02. The van der Waals surface area contributed by atoms with Crippen LogP contribution in [0.4, 0.5) is 0 Å². The number of hydrogen-bond acceptors (Lipinski definition) is 4. The maximum Gasteiger partial charge on any atom is 0.252 e. The maximum absolute atomic E-state index is 13.2. The highest BCUT2D eigenvalue weighted by molar-refractivity contribution is 6.33. The Balaban J connectivity index is 1.16. The molecule has 0 unspecified atom stereocenters. The van der Waals surface area contributed by atoms with E-state index in [0.717, 1.165) is 62.3 Å². The number of amides is 1. The van der Waals surface area contributed by atoms with Gasteiger partial charge in [-0.1, -0.05) is 31.5 Å². The van der Waals surface area contributed by atoms with Crippen molar-refractivity contribution in [2.24, 2.45) is 23.2 Å². The molecule has 5 nitrogen and oxygen atoms in total. The normalized spacial score (nSPS) is 32.3. The van der Waals surface area contributed by atoms with E-state index in [2.05, 4.69) is 29.4 Å². The first kappa shape index (κ1) is 24.5. The molecule has 188 valence electrons. The predicted molar refractivity (Wildman–Crippen MR) is 137 cm³/mol. The second kappa shape index (κ2) is 9.72. The summed E-state index contributed by atoms with van der Waals surface area (Å²) in [6.07, 6.45) is 9.66. The molecule has 4 bridgehead atoms. The van der Waals surface area contributed by atoms with Gasteiger partial charge in [0.2, 0.25) is 0 Å². The van der Waals surface area contributed by atoms with Gasteiger partial charge in [-0.05, 0) is 92.2 Å². The zero-order valence-electron chi connectivity index (χ0n) is 20.9. The van der Waals surface area contributed by atoms with Crippen molar-refractivity contribution in [3.05, 3.63) is 34.3 Å². The van der Waals surface area contributed by atoms with Gasteiger partial charge >= 0.3 is 0 Å². The van der Waals surface area contributed by atoms with Gasteiger partial charge in [0.1, 0.15) is 0 Å². The SMILES string of the molecule is CC(C)NCC1(O)CCN(Cc2ccc(Cl)c(C(=O)NCC34CC5CC(CC(C5)C3)C4)c2)CC1. The van der Waals surface area contributed by atoms with Crippen LogP contribution in [-0.2, 0) is 6.54 Å². The summed E-state index contributed by atoms with van der Waals surface area (Å²) in [5, 5.41) is 18.0. The van der Waals surface area contributed by atoms with Crippen LogP contribution in [0.2, 0.25) is 5.02 Å². The zero-order chi connectivity index (χ0) is 23.9. The van der Waals surface area contributed by atoms with Gasteiger partial charge in [-0.3, -0.25) is 9.69 Å². The van der Waals surface area contributed by atoms with Gasteiger partial charge in [-0.2, -0.15) is 0 Å². The molecule has 1 amide bonds. The Morgan fingerprint density at radius 2 is 1.71 bits per heavy atom. The molecule has 1 saturated heterocycles. The van der Waals surface area contributed by atoms with E-state index in [-0.39, 0.29) is 5.91 Å². The van der Waals surface area contributed by atoms with E-state index in [0.29, 0.717) is 28.6 Å². The van der Waals surface area contributed by atoms with Crippen molar-refractivity contribution < 1.29 is 9.90 Å². The summed E-state index contributed by atoms with van der Waals surface area (Å²) in [7, 11) is 0. The smallest absolute Gasteiger partial charge is 0.252 e. The van der Waals surface area contributed by atoms with Crippen molar-refractivity contribution in [2.75, 3.05) is 26.2 Å². The minimum absolute atomic E-state index is 0.0321. The van der Waals surface area contributed by atoms with Crippen LogP contribution in [0, 0.1) is 23.2 Å². The third kappa shape index (κ3) is 5.48. The van der Waals surface area contributed by atoms with Crippen LogP contribution in [0.1, 0.15) is 81.1 Å². The average Bonchev–Trinajstić information content (AvgIpc) is 2.78. The van der Waals surface area contributed by atoms with Crippen molar-refractivity contribution in [1.82, 2.24) is 15.5 Å². The summed E-state index contributed by atoms with van der Waals surface area (Å²) >= 11 is 6.47. The van der Waals surface area contributed by atoms with E-state index in [1.165, 1.54) is 38.5 Å². The third-order valence-electron chi connectivity index (χ3n) is 9.10. The number of nitrogens with one attached hydrogen (secondary N) is 2. The molecular formula is C28H42ClN3O2. The molecule has 1 heterocycles. The summed E-state index contributed by atoms with van der Waals surface area (Å²) in [4.78, 5) is 15.5. The molecular weight excluding hydrogens is 446 g/mol. The fourth-order valence-electron chi connectivity index (χ4n) is 7.67. The van der Waals surface area contributed by atoms with Gasteiger partial charge in [0.15, 0.2) is 0 Å². The fourth-order valence-corrected chi connectivity index (χ4v) is 7.87. The molecule has 1 aromatic rings. The van der Waals surface area contributed by atoms with Crippen molar-refractivity contribution in [3.8, 4) is 0 Å². The van der Waals surface area contributed by atoms with Crippen molar-refractivity contribution >= 4 is 17.5 Å². The minimum atomic E-state index is -0.622. The van der Waals surface area contributed by atoms with E-state index in [1.54, 1.807) is 0 Å². The Labute approximate surface area is 210 Å². The zero-order valence-corrected chi connectivity index (χ0v) is 21.7. The second-order valence-electron chi connectivity index (χ2n) is 12.5. The van der Waals surface area contributed by atoms with Crippen LogP contribution in [-0.4, -0.2) is 53.7 Å². The number of hydrogen-bond donors (Lipinski definition) is 3. The van der Waals surface area contributed by atoms with E-state index in [9.17, 15) is 9.90 Å². The maximum atomic E-state index is 13.2. The van der Waals surface area contributed by atoms with Crippen molar-refractivity contribution in [1.29, 1.82) is 0 Å². The Morgan fingerprint density at radius 1 is 1.09 bits per heavy atom. The van der Waals surface area contributed by atoms with E-state index in [1.807, 2.05) is 18.2 Å². The van der Waals surface area contributed by atoms with E-state index >= 15 is 0 Å². The molecule has 34 heavy (non-hydrogen) atoms. The number of benzene rings is 1. The summed E-state index contributed by atoms with van der Waals surface area (Å²) in [5.41, 5.74) is 1.40. The fraction of sp³-hybridized carbons (Fsp3) is 0.750. The third-order valence-corrected chi connectivity index (χ3v) is 9.43. The summed E-state index contributed by atoms with van der Waals surface area (Å²) in [5.74, 6) is 2.63. The van der Waals surface area contributed by atoms with Gasteiger partial charge < -0.3 is 15.7 Å². The Morgan fingerprint density at radius 3 is 2.29 bits per heavy atom. The van der Waals surface area contributed by atoms with Crippen molar-refractivity contribution in [2.45, 2.75) is 83.4 Å². The molecule has 4 aliphatic carbocycles. The number of carbonyl (C=O) groups is 1. The van der Waals surface area contributed by atoms with Crippen LogP contribution in [0.25, 0.3) is 0 Å². The quantitative estimate of drug-likeness (QED) is 0.501. The number of aliphatic hydroxyl groups is 1.